The van der Waals surface area contributed by atoms with E-state index in [2.05, 4.69) is 4.99 Å². The molecule has 5 rings (SSSR count). The number of halogens is 1. The van der Waals surface area contributed by atoms with Gasteiger partial charge in [0.15, 0.2) is 16.3 Å². The van der Waals surface area contributed by atoms with Crippen LogP contribution < -0.4 is 24.4 Å². The van der Waals surface area contributed by atoms with Crippen molar-refractivity contribution < 1.29 is 19.0 Å². The third-order valence-corrected chi connectivity index (χ3v) is 6.59. The molecule has 3 heterocycles. The van der Waals surface area contributed by atoms with Gasteiger partial charge in [-0.3, -0.25) is 9.36 Å². The van der Waals surface area contributed by atoms with E-state index in [1.807, 2.05) is 18.2 Å². The number of aromatic nitrogens is 1. The Balaban J connectivity index is 1.73. The standard InChI is InChI=1S/C24H19ClN2O5S/c1-3-30-23(29)20-13(2)26-24-27(21(20)15-7-8-17-18(11-15)32-12-31-17)22(28)19(33-24)10-14-5-4-6-16(25)9-14/h4-11,21H,3,12H2,1-2H3/b19-10+/t21-/m0/s1. The Labute approximate surface area is 197 Å². The minimum atomic E-state index is -0.712. The molecule has 0 radical (unpaired) electrons. The molecule has 7 nitrogen and oxygen atoms in total. The van der Waals surface area contributed by atoms with E-state index in [0.717, 1.165) is 5.56 Å². The maximum absolute atomic E-state index is 13.6. The summed E-state index contributed by atoms with van der Waals surface area (Å²) in [6, 6.07) is 11.9. The van der Waals surface area contributed by atoms with Crippen molar-refractivity contribution in [1.29, 1.82) is 0 Å². The van der Waals surface area contributed by atoms with Crippen molar-refractivity contribution >= 4 is 35.0 Å². The molecule has 0 fully saturated rings. The zero-order chi connectivity index (χ0) is 23.1. The molecule has 0 bridgehead atoms. The summed E-state index contributed by atoms with van der Waals surface area (Å²) in [5, 5.41) is 0.579. The third kappa shape index (κ3) is 3.85. The summed E-state index contributed by atoms with van der Waals surface area (Å²) in [6.07, 6.45) is 1.77. The number of carbonyl (C=O) groups is 1. The smallest absolute Gasteiger partial charge is 0.338 e. The lowest BCUT2D eigenvalue weighted by molar-refractivity contribution is -0.139. The third-order valence-electron chi connectivity index (χ3n) is 5.38. The normalized spacial score (nSPS) is 17.1. The van der Waals surface area contributed by atoms with Gasteiger partial charge in [0.1, 0.15) is 0 Å². The predicted octanol–water partition coefficient (Wildman–Crippen LogP) is 3.18. The van der Waals surface area contributed by atoms with Crippen molar-refractivity contribution in [1.82, 2.24) is 4.57 Å². The average Bonchev–Trinajstić information content (AvgIpc) is 3.37. The van der Waals surface area contributed by atoms with Crippen LogP contribution in [-0.2, 0) is 9.53 Å². The minimum absolute atomic E-state index is 0.126. The molecule has 0 unspecified atom stereocenters. The van der Waals surface area contributed by atoms with Gasteiger partial charge < -0.3 is 14.2 Å². The number of thiazole rings is 1. The van der Waals surface area contributed by atoms with Crippen LogP contribution in [0.5, 0.6) is 11.5 Å². The number of allylic oxidation sites excluding steroid dienone is 1. The molecule has 9 heteroatoms. The molecule has 0 N–H and O–H groups in total. The molecule has 2 aliphatic heterocycles. The number of esters is 1. The molecule has 0 amide bonds. The molecule has 0 saturated heterocycles. The summed E-state index contributed by atoms with van der Waals surface area (Å²) in [5.74, 6) is 0.669. The zero-order valence-electron chi connectivity index (χ0n) is 17.8. The Kier molecular flexibility index (Phi) is 5.55. The second-order valence-electron chi connectivity index (χ2n) is 7.47. The Hall–Kier alpha value is -3.36. The van der Waals surface area contributed by atoms with E-state index < -0.39 is 12.0 Å². The van der Waals surface area contributed by atoms with Crippen molar-refractivity contribution in [3.05, 3.63) is 89.6 Å². The van der Waals surface area contributed by atoms with Gasteiger partial charge in [0.25, 0.3) is 5.56 Å². The van der Waals surface area contributed by atoms with Gasteiger partial charge in [-0.2, -0.15) is 0 Å². The fourth-order valence-corrected chi connectivity index (χ4v) is 5.18. The first kappa shape index (κ1) is 21.5. The average molecular weight is 483 g/mol. The first-order chi connectivity index (χ1) is 16.0. The number of rotatable bonds is 4. The van der Waals surface area contributed by atoms with Crippen molar-refractivity contribution in [2.45, 2.75) is 19.9 Å². The molecule has 0 saturated carbocycles. The van der Waals surface area contributed by atoms with Crippen LogP contribution in [0, 0.1) is 0 Å². The van der Waals surface area contributed by atoms with Gasteiger partial charge in [-0.05, 0) is 55.3 Å². The summed E-state index contributed by atoms with van der Waals surface area (Å²) in [4.78, 5) is 31.6. The van der Waals surface area contributed by atoms with Crippen molar-refractivity contribution in [3.8, 4) is 11.5 Å². The molecular formula is C24H19ClN2O5S. The Bertz CT molecular complexity index is 1490. The summed E-state index contributed by atoms with van der Waals surface area (Å²) in [6.45, 7) is 3.83. The van der Waals surface area contributed by atoms with E-state index in [4.69, 9.17) is 25.8 Å². The second-order valence-corrected chi connectivity index (χ2v) is 8.92. The van der Waals surface area contributed by atoms with Crippen LogP contribution in [0.4, 0.5) is 0 Å². The lowest BCUT2D eigenvalue weighted by atomic mass is 9.95. The topological polar surface area (TPSA) is 79.1 Å². The fourth-order valence-electron chi connectivity index (χ4n) is 3.94. The number of hydrogen-bond donors (Lipinski definition) is 0. The summed E-state index contributed by atoms with van der Waals surface area (Å²) in [5.41, 5.74) is 2.07. The van der Waals surface area contributed by atoms with Gasteiger partial charge >= 0.3 is 5.97 Å². The predicted molar refractivity (Wildman–Crippen MR) is 124 cm³/mol. The summed E-state index contributed by atoms with van der Waals surface area (Å²) < 4.78 is 18.3. The van der Waals surface area contributed by atoms with E-state index >= 15 is 0 Å². The van der Waals surface area contributed by atoms with Crippen LogP contribution >= 0.6 is 22.9 Å². The quantitative estimate of drug-likeness (QED) is 0.534. The lowest BCUT2D eigenvalue weighted by Gasteiger charge is -2.24. The van der Waals surface area contributed by atoms with Crippen molar-refractivity contribution in [2.75, 3.05) is 13.4 Å². The van der Waals surface area contributed by atoms with Crippen LogP contribution in [0.2, 0.25) is 5.02 Å². The highest BCUT2D eigenvalue weighted by atomic mass is 35.5. The van der Waals surface area contributed by atoms with Gasteiger partial charge in [0, 0.05) is 5.02 Å². The molecular weight excluding hydrogens is 464 g/mol. The number of ether oxygens (including phenoxy) is 3. The van der Waals surface area contributed by atoms with Gasteiger partial charge in [-0.15, -0.1) is 0 Å². The first-order valence-corrected chi connectivity index (χ1v) is 11.5. The number of benzene rings is 2. The van der Waals surface area contributed by atoms with Crippen molar-refractivity contribution in [2.24, 2.45) is 4.99 Å². The van der Waals surface area contributed by atoms with Gasteiger partial charge in [0.2, 0.25) is 6.79 Å². The Morgan fingerprint density at radius 2 is 2.09 bits per heavy atom. The van der Waals surface area contributed by atoms with Gasteiger partial charge in [-0.25, -0.2) is 9.79 Å². The van der Waals surface area contributed by atoms with E-state index in [1.165, 1.54) is 15.9 Å². The first-order valence-electron chi connectivity index (χ1n) is 10.3. The molecule has 0 aliphatic carbocycles. The Morgan fingerprint density at radius 1 is 1.27 bits per heavy atom. The van der Waals surface area contributed by atoms with Crippen molar-refractivity contribution in [3.63, 3.8) is 0 Å². The highest BCUT2D eigenvalue weighted by molar-refractivity contribution is 7.07. The highest BCUT2D eigenvalue weighted by Crippen LogP contribution is 2.38. The molecule has 0 spiro atoms. The largest absolute Gasteiger partial charge is 0.463 e. The monoisotopic (exact) mass is 482 g/mol. The maximum atomic E-state index is 13.6. The van der Waals surface area contributed by atoms with Crippen LogP contribution in [-0.4, -0.2) is 23.9 Å². The van der Waals surface area contributed by atoms with Crippen LogP contribution in [0.25, 0.3) is 6.08 Å². The van der Waals surface area contributed by atoms with Crippen LogP contribution in [0.3, 0.4) is 0 Å². The molecule has 2 aliphatic rings. The fraction of sp³-hybridized carbons (Fsp3) is 0.208. The van der Waals surface area contributed by atoms with Gasteiger partial charge in [0.05, 0.1) is 28.5 Å². The number of hydrogen-bond acceptors (Lipinski definition) is 7. The van der Waals surface area contributed by atoms with E-state index in [1.54, 1.807) is 44.2 Å². The van der Waals surface area contributed by atoms with Gasteiger partial charge in [-0.1, -0.05) is 41.1 Å². The van der Waals surface area contributed by atoms with Crippen LogP contribution in [0.15, 0.2) is 63.5 Å². The molecule has 33 heavy (non-hydrogen) atoms. The molecule has 1 aromatic heterocycles. The minimum Gasteiger partial charge on any atom is -0.463 e. The van der Waals surface area contributed by atoms with E-state index in [9.17, 15) is 9.59 Å². The molecule has 3 aromatic rings. The molecule has 2 aromatic carbocycles. The summed E-state index contributed by atoms with van der Waals surface area (Å²) >= 11 is 7.37. The number of fused-ring (bicyclic) bond motifs is 2. The van der Waals surface area contributed by atoms with Crippen LogP contribution in [0.1, 0.15) is 31.0 Å². The SMILES string of the molecule is CCOC(=O)C1=C(C)N=c2s/c(=C/c3cccc(Cl)c3)c(=O)n2[C@H]1c1ccc2c(c1)OCO2. The van der Waals surface area contributed by atoms with E-state index in [0.29, 0.717) is 42.7 Å². The summed E-state index contributed by atoms with van der Waals surface area (Å²) in [7, 11) is 0. The maximum Gasteiger partial charge on any atom is 0.338 e. The molecule has 168 valence electrons. The molecule has 1 atom stereocenters. The highest BCUT2D eigenvalue weighted by Gasteiger charge is 2.34. The number of carbonyl (C=O) groups excluding carboxylic acids is 1. The second kappa shape index (κ2) is 8.53. The van der Waals surface area contributed by atoms with E-state index in [-0.39, 0.29) is 19.0 Å². The zero-order valence-corrected chi connectivity index (χ0v) is 19.4. The number of nitrogens with zero attached hydrogens (tertiary/aromatic N) is 2. The lowest BCUT2D eigenvalue weighted by Crippen LogP contribution is -2.39. The Morgan fingerprint density at radius 3 is 2.88 bits per heavy atom.